The van der Waals surface area contributed by atoms with Gasteiger partial charge in [0.15, 0.2) is 0 Å². The van der Waals surface area contributed by atoms with E-state index in [0.29, 0.717) is 29.2 Å². The molecular formula is C21H30O4. The van der Waals surface area contributed by atoms with Gasteiger partial charge in [-0.15, -0.1) is 6.58 Å². The number of benzene rings is 1. The molecular weight excluding hydrogens is 316 g/mol. The van der Waals surface area contributed by atoms with Gasteiger partial charge in [0.25, 0.3) is 0 Å². The molecule has 0 saturated heterocycles. The van der Waals surface area contributed by atoms with Crippen LogP contribution < -0.4 is 9.47 Å². The van der Waals surface area contributed by atoms with Gasteiger partial charge in [-0.3, -0.25) is 0 Å². The quantitative estimate of drug-likeness (QED) is 0.272. The van der Waals surface area contributed by atoms with Crippen molar-refractivity contribution in [2.24, 2.45) is 0 Å². The van der Waals surface area contributed by atoms with Crippen molar-refractivity contribution >= 4 is 12.0 Å². The Labute approximate surface area is 151 Å². The summed E-state index contributed by atoms with van der Waals surface area (Å²) >= 11 is 0. The summed E-state index contributed by atoms with van der Waals surface area (Å²) in [5.41, 5.74) is 1.03. The molecule has 1 aromatic carbocycles. The van der Waals surface area contributed by atoms with Crippen LogP contribution in [0.4, 0.5) is 0 Å². The van der Waals surface area contributed by atoms with Crippen LogP contribution in [-0.4, -0.2) is 26.8 Å². The van der Waals surface area contributed by atoms with Crippen LogP contribution in [0.1, 0.15) is 60.9 Å². The molecule has 0 N–H and O–H groups in total. The maximum absolute atomic E-state index is 12.4. The zero-order valence-electron chi connectivity index (χ0n) is 15.5. The summed E-state index contributed by atoms with van der Waals surface area (Å²) in [6.45, 7) is 7.89. The number of methoxy groups -OCH3 is 2. The molecule has 0 bridgehead atoms. The smallest absolute Gasteiger partial charge is 0.342 e. The fraction of sp³-hybridized carbons (Fsp3) is 0.476. The number of ether oxygens (including phenoxy) is 3. The number of carbonyl (C=O) groups excluding carboxylic acids is 1. The molecule has 0 aliphatic carbocycles. The predicted molar refractivity (Wildman–Crippen MR) is 102 cm³/mol. The summed E-state index contributed by atoms with van der Waals surface area (Å²) in [5, 5.41) is 0. The van der Waals surface area contributed by atoms with Crippen molar-refractivity contribution in [1.29, 1.82) is 0 Å². The molecule has 0 aliphatic heterocycles. The van der Waals surface area contributed by atoms with Crippen LogP contribution in [0.15, 0.2) is 31.4 Å². The summed E-state index contributed by atoms with van der Waals surface area (Å²) in [5.74, 6) is 0.654. The zero-order chi connectivity index (χ0) is 18.5. The summed E-state index contributed by atoms with van der Waals surface area (Å²) in [7, 11) is 3.09. The predicted octanol–water partition coefficient (Wildman–Crippen LogP) is 5.42. The van der Waals surface area contributed by atoms with Gasteiger partial charge >= 0.3 is 5.97 Å². The molecule has 0 unspecified atom stereocenters. The molecule has 0 fully saturated rings. The van der Waals surface area contributed by atoms with E-state index in [1.165, 1.54) is 32.8 Å². The van der Waals surface area contributed by atoms with Gasteiger partial charge in [-0.05, 0) is 30.9 Å². The van der Waals surface area contributed by atoms with Gasteiger partial charge in [0, 0.05) is 6.07 Å². The van der Waals surface area contributed by atoms with Crippen molar-refractivity contribution in [3.05, 3.63) is 42.5 Å². The van der Waals surface area contributed by atoms with Crippen molar-refractivity contribution in [3.63, 3.8) is 0 Å². The average Bonchev–Trinajstić information content (AvgIpc) is 2.65. The van der Waals surface area contributed by atoms with Gasteiger partial charge in [-0.2, -0.15) is 0 Å². The van der Waals surface area contributed by atoms with E-state index in [0.717, 1.165) is 19.3 Å². The van der Waals surface area contributed by atoms with Crippen molar-refractivity contribution in [2.75, 3.05) is 20.8 Å². The fourth-order valence-electron chi connectivity index (χ4n) is 2.60. The number of allylic oxidation sites excluding steroid dienone is 1. The van der Waals surface area contributed by atoms with Gasteiger partial charge in [-0.1, -0.05) is 44.4 Å². The Morgan fingerprint density at radius 3 is 2.28 bits per heavy atom. The highest BCUT2D eigenvalue weighted by atomic mass is 16.5. The van der Waals surface area contributed by atoms with Crippen LogP contribution in [0.5, 0.6) is 11.5 Å². The lowest BCUT2D eigenvalue weighted by Crippen LogP contribution is -2.10. The zero-order valence-corrected chi connectivity index (χ0v) is 15.5. The van der Waals surface area contributed by atoms with Gasteiger partial charge in [-0.25, -0.2) is 4.79 Å². The number of rotatable bonds is 13. The van der Waals surface area contributed by atoms with Crippen molar-refractivity contribution in [1.82, 2.24) is 0 Å². The summed E-state index contributed by atoms with van der Waals surface area (Å²) in [6.07, 6.45) is 11.4. The fourth-order valence-corrected chi connectivity index (χ4v) is 2.60. The van der Waals surface area contributed by atoms with Crippen LogP contribution in [-0.2, 0) is 4.74 Å². The third kappa shape index (κ3) is 7.04. The first-order valence-electron chi connectivity index (χ1n) is 8.84. The van der Waals surface area contributed by atoms with E-state index >= 15 is 0 Å². The van der Waals surface area contributed by atoms with Crippen LogP contribution in [0.3, 0.4) is 0 Å². The van der Waals surface area contributed by atoms with Gasteiger partial charge in [0.05, 0.1) is 20.8 Å². The lowest BCUT2D eigenvalue weighted by molar-refractivity contribution is 0.0493. The largest absolute Gasteiger partial charge is 0.497 e. The molecule has 0 radical (unpaired) electrons. The SMILES string of the molecule is C=CCCCCCCCCOC(=O)c1c(C=C)cc(OC)cc1OC. The highest BCUT2D eigenvalue weighted by Gasteiger charge is 2.19. The topological polar surface area (TPSA) is 44.8 Å². The second-order valence-electron chi connectivity index (χ2n) is 5.83. The van der Waals surface area contributed by atoms with Crippen LogP contribution in [0.2, 0.25) is 0 Å². The second kappa shape index (κ2) is 12.2. The third-order valence-electron chi connectivity index (χ3n) is 4.02. The molecule has 138 valence electrons. The average molecular weight is 346 g/mol. The molecule has 1 aromatic rings. The van der Waals surface area contributed by atoms with Crippen molar-refractivity contribution < 1.29 is 19.0 Å². The Kier molecular flexibility index (Phi) is 10.1. The maximum atomic E-state index is 12.4. The van der Waals surface area contributed by atoms with E-state index < -0.39 is 0 Å². The Morgan fingerprint density at radius 1 is 1.00 bits per heavy atom. The molecule has 4 heteroatoms. The molecule has 0 aliphatic rings. The Bertz CT molecular complexity index is 563. The Morgan fingerprint density at radius 2 is 1.68 bits per heavy atom. The maximum Gasteiger partial charge on any atom is 0.342 e. The van der Waals surface area contributed by atoms with Crippen LogP contribution >= 0.6 is 0 Å². The molecule has 0 aromatic heterocycles. The number of esters is 1. The molecule has 1 rings (SSSR count). The molecule has 0 amide bonds. The lowest BCUT2D eigenvalue weighted by Gasteiger charge is -2.13. The molecule has 25 heavy (non-hydrogen) atoms. The summed E-state index contributed by atoms with van der Waals surface area (Å²) in [6, 6.07) is 3.42. The molecule has 0 atom stereocenters. The van der Waals surface area contributed by atoms with Crippen LogP contribution in [0.25, 0.3) is 6.08 Å². The summed E-state index contributed by atoms with van der Waals surface area (Å²) < 4.78 is 15.9. The molecule has 0 spiro atoms. The monoisotopic (exact) mass is 346 g/mol. The van der Waals surface area contributed by atoms with Crippen LogP contribution in [0, 0.1) is 0 Å². The highest BCUT2D eigenvalue weighted by molar-refractivity contribution is 5.97. The first-order chi connectivity index (χ1) is 12.2. The number of hydrogen-bond donors (Lipinski definition) is 0. The van der Waals surface area contributed by atoms with Gasteiger partial charge in [0.1, 0.15) is 17.1 Å². The second-order valence-corrected chi connectivity index (χ2v) is 5.83. The Hall–Kier alpha value is -2.23. The van der Waals surface area contributed by atoms with E-state index in [2.05, 4.69) is 13.2 Å². The number of hydrogen-bond acceptors (Lipinski definition) is 4. The van der Waals surface area contributed by atoms with Gasteiger partial charge < -0.3 is 14.2 Å². The highest BCUT2D eigenvalue weighted by Crippen LogP contribution is 2.30. The molecule has 0 heterocycles. The van der Waals surface area contributed by atoms with E-state index in [-0.39, 0.29) is 5.97 Å². The van der Waals surface area contributed by atoms with E-state index in [1.54, 1.807) is 25.3 Å². The normalized spacial score (nSPS) is 10.2. The van der Waals surface area contributed by atoms with E-state index in [1.807, 2.05) is 6.08 Å². The lowest BCUT2D eigenvalue weighted by atomic mass is 10.1. The minimum atomic E-state index is -0.389. The Balaban J connectivity index is 2.47. The number of carbonyl (C=O) groups is 1. The first kappa shape index (κ1) is 20.8. The number of unbranched alkanes of at least 4 members (excludes halogenated alkanes) is 6. The minimum absolute atomic E-state index is 0.389. The minimum Gasteiger partial charge on any atom is -0.497 e. The third-order valence-corrected chi connectivity index (χ3v) is 4.02. The molecule has 4 nitrogen and oxygen atoms in total. The van der Waals surface area contributed by atoms with Crippen molar-refractivity contribution in [3.8, 4) is 11.5 Å². The summed E-state index contributed by atoms with van der Waals surface area (Å²) in [4.78, 5) is 12.4. The van der Waals surface area contributed by atoms with Gasteiger partial charge in [0.2, 0.25) is 0 Å². The van der Waals surface area contributed by atoms with Crippen molar-refractivity contribution in [2.45, 2.75) is 44.9 Å². The van der Waals surface area contributed by atoms with E-state index in [4.69, 9.17) is 14.2 Å². The standard InChI is InChI=1S/C21H30O4/c1-5-7-8-9-10-11-12-13-14-25-21(22)20-17(6-2)15-18(23-3)16-19(20)24-4/h5-6,15-16H,1-2,7-14H2,3-4H3. The first-order valence-corrected chi connectivity index (χ1v) is 8.84. The molecule has 0 saturated carbocycles. The van der Waals surface area contributed by atoms with E-state index in [9.17, 15) is 4.79 Å².